The van der Waals surface area contributed by atoms with E-state index in [-0.39, 0.29) is 11.6 Å². The minimum Gasteiger partial charge on any atom is -0.348 e. The van der Waals surface area contributed by atoms with Crippen molar-refractivity contribution < 1.29 is 8.78 Å². The minimum absolute atomic E-state index is 0.0405. The molecule has 0 aliphatic carbocycles. The molecule has 142 valence electrons. The molecule has 5 rings (SSSR count). The minimum atomic E-state index is -2.57. The van der Waals surface area contributed by atoms with Crippen LogP contribution in [0.3, 0.4) is 0 Å². The number of hydrogen-bond donors (Lipinski definition) is 1. The summed E-state index contributed by atoms with van der Waals surface area (Å²) in [5.41, 5.74) is 3.65. The molecule has 0 fully saturated rings. The highest BCUT2D eigenvalue weighted by molar-refractivity contribution is 5.58. The van der Waals surface area contributed by atoms with Crippen LogP contribution in [-0.2, 0) is 6.42 Å². The van der Waals surface area contributed by atoms with Crippen molar-refractivity contribution in [2.45, 2.75) is 25.8 Å². The van der Waals surface area contributed by atoms with Crippen LogP contribution in [0.1, 0.15) is 40.8 Å². The Kier molecular flexibility index (Phi) is 3.81. The number of pyridine rings is 1. The molecule has 1 atom stereocenters. The third kappa shape index (κ3) is 2.62. The second-order valence-electron chi connectivity index (χ2n) is 6.79. The molecule has 5 heterocycles. The Labute approximate surface area is 159 Å². The van der Waals surface area contributed by atoms with Gasteiger partial charge in [0.25, 0.3) is 6.43 Å². The highest BCUT2D eigenvalue weighted by Gasteiger charge is 2.34. The number of aryl methyl sites for hydroxylation is 1. The first-order valence-electron chi connectivity index (χ1n) is 8.95. The fourth-order valence-electron chi connectivity index (χ4n) is 3.79. The molecule has 0 spiro atoms. The fraction of sp³-hybridized carbons (Fsp3) is 0.263. The van der Waals surface area contributed by atoms with E-state index in [1.807, 2.05) is 6.92 Å². The van der Waals surface area contributed by atoms with Crippen LogP contribution in [0.5, 0.6) is 0 Å². The van der Waals surface area contributed by atoms with E-state index in [0.29, 0.717) is 23.6 Å². The summed E-state index contributed by atoms with van der Waals surface area (Å²) in [6, 6.07) is 4.38. The molecule has 0 amide bonds. The summed E-state index contributed by atoms with van der Waals surface area (Å²) in [6.45, 7) is 2.57. The van der Waals surface area contributed by atoms with Crippen molar-refractivity contribution in [2.24, 2.45) is 0 Å². The number of imidazole rings is 1. The van der Waals surface area contributed by atoms with Crippen molar-refractivity contribution in [3.8, 4) is 0 Å². The van der Waals surface area contributed by atoms with E-state index in [1.54, 1.807) is 37.1 Å². The predicted octanol–water partition coefficient (Wildman–Crippen LogP) is 3.25. The maximum absolute atomic E-state index is 13.4. The highest BCUT2D eigenvalue weighted by atomic mass is 19.3. The Hall–Kier alpha value is -3.36. The van der Waals surface area contributed by atoms with E-state index in [1.165, 1.54) is 10.6 Å². The van der Waals surface area contributed by atoms with Crippen molar-refractivity contribution in [1.29, 1.82) is 0 Å². The second-order valence-corrected chi connectivity index (χ2v) is 6.79. The molecule has 28 heavy (non-hydrogen) atoms. The van der Waals surface area contributed by atoms with Gasteiger partial charge in [-0.1, -0.05) is 0 Å². The van der Waals surface area contributed by atoms with Crippen LogP contribution >= 0.6 is 0 Å². The van der Waals surface area contributed by atoms with Crippen LogP contribution < -0.4 is 4.90 Å². The SMILES string of the molecule is Cc1cncc(N2CCc3[nH]cnc3[C@H]2c2cc3c(C(F)F)cccn3n2)n1. The predicted molar refractivity (Wildman–Crippen MR) is 98.4 cm³/mol. The molecule has 0 saturated heterocycles. The molecule has 0 bridgehead atoms. The summed E-state index contributed by atoms with van der Waals surface area (Å²) in [4.78, 5) is 18.6. The molecule has 0 saturated carbocycles. The van der Waals surface area contributed by atoms with E-state index in [2.05, 4.69) is 29.9 Å². The molecule has 1 N–H and O–H groups in total. The van der Waals surface area contributed by atoms with Gasteiger partial charge in [-0.3, -0.25) is 4.98 Å². The Morgan fingerprint density at radius 2 is 2.18 bits per heavy atom. The largest absolute Gasteiger partial charge is 0.348 e. The molecule has 0 unspecified atom stereocenters. The number of H-pyrrole nitrogens is 1. The van der Waals surface area contributed by atoms with Gasteiger partial charge in [-0.15, -0.1) is 0 Å². The standard InChI is InChI=1S/C19H17F2N7/c1-11-8-22-9-16(25-11)27-6-4-13-17(24-10-23-13)18(27)14-7-15-12(19(20)21)3-2-5-28(15)26-14/h2-3,5,7-10,18-19H,4,6H2,1H3,(H,23,24)/t18-/m1/s1. The van der Waals surface area contributed by atoms with Crippen molar-refractivity contribution >= 4 is 11.3 Å². The number of aromatic amines is 1. The molecular formula is C19H17F2N7. The zero-order chi connectivity index (χ0) is 19.3. The Morgan fingerprint density at radius 1 is 1.29 bits per heavy atom. The Bertz CT molecular complexity index is 1150. The van der Waals surface area contributed by atoms with Crippen molar-refractivity contribution in [3.63, 3.8) is 0 Å². The topological polar surface area (TPSA) is 75.0 Å². The first-order chi connectivity index (χ1) is 13.6. The summed E-state index contributed by atoms with van der Waals surface area (Å²) >= 11 is 0. The number of anilines is 1. The summed E-state index contributed by atoms with van der Waals surface area (Å²) in [5.74, 6) is 0.713. The lowest BCUT2D eigenvalue weighted by Crippen LogP contribution is -2.37. The van der Waals surface area contributed by atoms with Crippen LogP contribution in [0, 0.1) is 6.92 Å². The summed E-state index contributed by atoms with van der Waals surface area (Å²) in [6.07, 6.45) is 4.94. The first kappa shape index (κ1) is 16.8. The third-order valence-corrected chi connectivity index (χ3v) is 5.03. The number of rotatable bonds is 3. The Morgan fingerprint density at radius 3 is 3.00 bits per heavy atom. The third-order valence-electron chi connectivity index (χ3n) is 5.03. The molecule has 0 radical (unpaired) electrons. The van der Waals surface area contributed by atoms with Gasteiger partial charge in [0.05, 0.1) is 35.1 Å². The zero-order valence-electron chi connectivity index (χ0n) is 15.0. The smallest absolute Gasteiger partial charge is 0.265 e. The van der Waals surface area contributed by atoms with Crippen LogP contribution in [0.2, 0.25) is 0 Å². The van der Waals surface area contributed by atoms with E-state index < -0.39 is 6.43 Å². The van der Waals surface area contributed by atoms with Crippen molar-refractivity contribution in [3.05, 3.63) is 71.5 Å². The highest BCUT2D eigenvalue weighted by Crippen LogP contribution is 2.36. The summed E-state index contributed by atoms with van der Waals surface area (Å²) in [7, 11) is 0. The van der Waals surface area contributed by atoms with Crippen molar-refractivity contribution in [1.82, 2.24) is 29.5 Å². The van der Waals surface area contributed by atoms with E-state index in [4.69, 9.17) is 0 Å². The molecule has 7 nitrogen and oxygen atoms in total. The van der Waals surface area contributed by atoms with Crippen molar-refractivity contribution in [2.75, 3.05) is 11.4 Å². The van der Waals surface area contributed by atoms with Gasteiger partial charge < -0.3 is 9.88 Å². The zero-order valence-corrected chi connectivity index (χ0v) is 15.0. The quantitative estimate of drug-likeness (QED) is 0.590. The average molecular weight is 381 g/mol. The number of alkyl halides is 2. The van der Waals surface area contributed by atoms with Crippen LogP contribution in [0.4, 0.5) is 14.6 Å². The lowest BCUT2D eigenvalue weighted by atomic mass is 9.99. The molecule has 9 heteroatoms. The summed E-state index contributed by atoms with van der Waals surface area (Å²) in [5, 5.41) is 4.60. The number of nitrogens with zero attached hydrogens (tertiary/aromatic N) is 6. The first-order valence-corrected chi connectivity index (χ1v) is 8.95. The average Bonchev–Trinajstić information content (AvgIpc) is 3.33. The van der Waals surface area contributed by atoms with Gasteiger partial charge in [0.15, 0.2) is 0 Å². The normalized spacial score (nSPS) is 16.7. The molecule has 1 aliphatic rings. The number of fused-ring (bicyclic) bond motifs is 2. The molecular weight excluding hydrogens is 364 g/mol. The van der Waals surface area contributed by atoms with Gasteiger partial charge in [-0.2, -0.15) is 5.10 Å². The fourth-order valence-corrected chi connectivity index (χ4v) is 3.79. The van der Waals surface area contributed by atoms with Gasteiger partial charge in [-0.05, 0) is 25.1 Å². The monoisotopic (exact) mass is 381 g/mol. The molecule has 0 aromatic carbocycles. The second kappa shape index (κ2) is 6.36. The van der Waals surface area contributed by atoms with E-state index >= 15 is 0 Å². The van der Waals surface area contributed by atoms with Crippen LogP contribution in [0.25, 0.3) is 5.52 Å². The van der Waals surface area contributed by atoms with Crippen LogP contribution in [0.15, 0.2) is 43.1 Å². The molecule has 1 aliphatic heterocycles. The van der Waals surface area contributed by atoms with E-state index in [9.17, 15) is 8.78 Å². The van der Waals surface area contributed by atoms with E-state index in [0.717, 1.165) is 23.5 Å². The summed E-state index contributed by atoms with van der Waals surface area (Å²) < 4.78 is 28.4. The lowest BCUT2D eigenvalue weighted by Gasteiger charge is -2.34. The van der Waals surface area contributed by atoms with Crippen LogP contribution in [-0.4, -0.2) is 36.1 Å². The van der Waals surface area contributed by atoms with Gasteiger partial charge in [0.1, 0.15) is 11.9 Å². The Balaban J connectivity index is 1.68. The number of aromatic nitrogens is 6. The maximum atomic E-state index is 13.4. The maximum Gasteiger partial charge on any atom is 0.265 e. The van der Waals surface area contributed by atoms with Gasteiger partial charge in [0, 0.05) is 36.6 Å². The number of hydrogen-bond acceptors (Lipinski definition) is 5. The number of nitrogens with one attached hydrogen (secondary N) is 1. The number of halogens is 2. The lowest BCUT2D eigenvalue weighted by molar-refractivity contribution is 0.152. The van der Waals surface area contributed by atoms with Gasteiger partial charge in [0.2, 0.25) is 0 Å². The molecule has 4 aromatic rings. The van der Waals surface area contributed by atoms with Gasteiger partial charge >= 0.3 is 0 Å². The van der Waals surface area contributed by atoms with Gasteiger partial charge in [-0.25, -0.2) is 23.3 Å². The molecule has 4 aromatic heterocycles.